The fourth-order valence-electron chi connectivity index (χ4n) is 2.78. The molecule has 0 radical (unpaired) electrons. The molecule has 3 rings (SSSR count). The minimum absolute atomic E-state index is 0.319. The van der Waals surface area contributed by atoms with Crippen molar-refractivity contribution in [2.45, 2.75) is 58.8 Å². The van der Waals surface area contributed by atoms with Gasteiger partial charge in [0, 0.05) is 0 Å². The predicted octanol–water partition coefficient (Wildman–Crippen LogP) is 2.88. The van der Waals surface area contributed by atoms with Gasteiger partial charge in [0.2, 0.25) is 0 Å². The minimum atomic E-state index is -0.324. The van der Waals surface area contributed by atoms with Gasteiger partial charge in [-0.3, -0.25) is 0 Å². The summed E-state index contributed by atoms with van der Waals surface area (Å²) in [5.74, 6) is 0.957. The van der Waals surface area contributed by atoms with Crippen molar-refractivity contribution in [2.75, 3.05) is 6.54 Å². The summed E-state index contributed by atoms with van der Waals surface area (Å²) in [6, 6.07) is 8.29. The first-order valence-electron chi connectivity index (χ1n) is 9.03. The number of nitrogens with one attached hydrogen (secondary N) is 2. The van der Waals surface area contributed by atoms with Gasteiger partial charge in [0.05, 0.1) is 29.6 Å². The summed E-state index contributed by atoms with van der Waals surface area (Å²) in [5.41, 5.74) is 2.52. The first-order chi connectivity index (χ1) is 11.8. The number of rotatable bonds is 6. The Morgan fingerprint density at radius 2 is 1.72 bits per heavy atom. The molecule has 1 saturated heterocycles. The number of imidazole rings is 1. The van der Waals surface area contributed by atoms with E-state index in [1.54, 1.807) is 0 Å². The maximum Gasteiger partial charge on any atom is 0.494 e. The molecule has 2 N–H and O–H groups in total. The van der Waals surface area contributed by atoms with E-state index in [0.717, 1.165) is 42.1 Å². The largest absolute Gasteiger partial charge is 0.494 e. The number of aromatic nitrogens is 2. The lowest BCUT2D eigenvalue weighted by Gasteiger charge is -2.32. The SMILES string of the molecule is CCCNCc1ncc(-c2ccc(B3OC(C)(C)C(C)(C)O3)cc2)[nH]1. The molecule has 1 aromatic heterocycles. The van der Waals surface area contributed by atoms with E-state index in [1.807, 2.05) is 6.20 Å². The molecule has 0 amide bonds. The lowest BCUT2D eigenvalue weighted by Crippen LogP contribution is -2.41. The second kappa shape index (κ2) is 6.94. The van der Waals surface area contributed by atoms with E-state index >= 15 is 0 Å². The third kappa shape index (κ3) is 3.81. The summed E-state index contributed by atoms with van der Waals surface area (Å²) in [6.07, 6.45) is 3.00. The Bertz CT molecular complexity index is 694. The smallest absolute Gasteiger partial charge is 0.399 e. The molecule has 2 aromatic rings. The van der Waals surface area contributed by atoms with Crippen molar-refractivity contribution in [1.29, 1.82) is 0 Å². The zero-order chi connectivity index (χ0) is 18.1. The molecular formula is C19H28BN3O2. The van der Waals surface area contributed by atoms with Gasteiger partial charge in [-0.05, 0) is 51.7 Å². The molecule has 1 fully saturated rings. The van der Waals surface area contributed by atoms with Gasteiger partial charge in [0.1, 0.15) is 5.82 Å². The van der Waals surface area contributed by atoms with E-state index < -0.39 is 0 Å². The van der Waals surface area contributed by atoms with Gasteiger partial charge in [0.25, 0.3) is 0 Å². The van der Waals surface area contributed by atoms with Crippen LogP contribution < -0.4 is 10.8 Å². The Hall–Kier alpha value is -1.63. The van der Waals surface area contributed by atoms with Crippen LogP contribution in [0.4, 0.5) is 0 Å². The molecule has 0 spiro atoms. The number of aromatic amines is 1. The summed E-state index contributed by atoms with van der Waals surface area (Å²) in [4.78, 5) is 7.80. The van der Waals surface area contributed by atoms with E-state index in [0.29, 0.717) is 0 Å². The number of benzene rings is 1. The van der Waals surface area contributed by atoms with E-state index in [2.05, 4.69) is 74.2 Å². The Labute approximate surface area is 150 Å². The van der Waals surface area contributed by atoms with Gasteiger partial charge >= 0.3 is 7.12 Å². The lowest BCUT2D eigenvalue weighted by atomic mass is 9.79. The summed E-state index contributed by atoms with van der Waals surface area (Å²) >= 11 is 0. The topological polar surface area (TPSA) is 59.2 Å². The third-order valence-corrected chi connectivity index (χ3v) is 5.09. The number of nitrogens with zero attached hydrogens (tertiary/aromatic N) is 1. The van der Waals surface area contributed by atoms with E-state index in [4.69, 9.17) is 9.31 Å². The standard InChI is InChI=1S/C19H28BN3O2/c1-6-11-21-13-17-22-12-16(23-17)14-7-9-15(10-8-14)20-24-18(2,3)19(4,5)25-20/h7-10,12,21H,6,11,13H2,1-5H3,(H,22,23). The first-order valence-corrected chi connectivity index (χ1v) is 9.03. The van der Waals surface area contributed by atoms with Crippen LogP contribution >= 0.6 is 0 Å². The Morgan fingerprint density at radius 1 is 1.08 bits per heavy atom. The molecule has 0 aliphatic carbocycles. The summed E-state index contributed by atoms with van der Waals surface area (Å²) in [6.45, 7) is 12.2. The highest BCUT2D eigenvalue weighted by molar-refractivity contribution is 6.62. The number of hydrogen-bond donors (Lipinski definition) is 2. The quantitative estimate of drug-likeness (QED) is 0.627. The van der Waals surface area contributed by atoms with E-state index in [-0.39, 0.29) is 18.3 Å². The fourth-order valence-corrected chi connectivity index (χ4v) is 2.78. The zero-order valence-electron chi connectivity index (χ0n) is 15.8. The molecule has 134 valence electrons. The van der Waals surface area contributed by atoms with Gasteiger partial charge in [-0.2, -0.15) is 0 Å². The van der Waals surface area contributed by atoms with Gasteiger partial charge in [-0.15, -0.1) is 0 Å². The maximum absolute atomic E-state index is 6.10. The van der Waals surface area contributed by atoms with Crippen LogP contribution in [0.2, 0.25) is 0 Å². The van der Waals surface area contributed by atoms with Crippen LogP contribution in [0.25, 0.3) is 11.3 Å². The first kappa shape index (κ1) is 18.2. The van der Waals surface area contributed by atoms with Gasteiger partial charge in [-0.25, -0.2) is 4.98 Å². The van der Waals surface area contributed by atoms with Crippen molar-refractivity contribution in [1.82, 2.24) is 15.3 Å². The number of H-pyrrole nitrogens is 1. The fraction of sp³-hybridized carbons (Fsp3) is 0.526. The van der Waals surface area contributed by atoms with Crippen molar-refractivity contribution >= 4 is 12.6 Å². The second-order valence-electron chi connectivity index (χ2n) is 7.63. The molecule has 1 aromatic carbocycles. The average molecular weight is 341 g/mol. The molecule has 0 atom stereocenters. The minimum Gasteiger partial charge on any atom is -0.399 e. The van der Waals surface area contributed by atoms with Crippen molar-refractivity contribution in [3.8, 4) is 11.3 Å². The Morgan fingerprint density at radius 3 is 2.32 bits per heavy atom. The maximum atomic E-state index is 6.10. The molecule has 25 heavy (non-hydrogen) atoms. The van der Waals surface area contributed by atoms with Crippen LogP contribution in [-0.4, -0.2) is 34.8 Å². The van der Waals surface area contributed by atoms with Gasteiger partial charge < -0.3 is 19.6 Å². The normalized spacial score (nSPS) is 18.7. The second-order valence-corrected chi connectivity index (χ2v) is 7.63. The lowest BCUT2D eigenvalue weighted by molar-refractivity contribution is 0.00578. The molecular weight excluding hydrogens is 313 g/mol. The molecule has 2 heterocycles. The molecule has 1 aliphatic heterocycles. The third-order valence-electron chi connectivity index (χ3n) is 5.09. The monoisotopic (exact) mass is 341 g/mol. The highest BCUT2D eigenvalue weighted by Crippen LogP contribution is 2.36. The molecule has 0 bridgehead atoms. The average Bonchev–Trinajstić information content (AvgIpc) is 3.10. The highest BCUT2D eigenvalue weighted by Gasteiger charge is 2.51. The van der Waals surface area contributed by atoms with Crippen LogP contribution in [0.3, 0.4) is 0 Å². The van der Waals surface area contributed by atoms with Crippen LogP contribution in [-0.2, 0) is 15.9 Å². The molecule has 0 saturated carbocycles. The van der Waals surface area contributed by atoms with Crippen molar-refractivity contribution in [2.24, 2.45) is 0 Å². The Balaban J connectivity index is 1.69. The van der Waals surface area contributed by atoms with Crippen LogP contribution in [0, 0.1) is 0 Å². The van der Waals surface area contributed by atoms with Gasteiger partial charge in [-0.1, -0.05) is 31.2 Å². The van der Waals surface area contributed by atoms with Crippen molar-refractivity contribution in [3.05, 3.63) is 36.3 Å². The molecule has 6 heteroatoms. The zero-order valence-corrected chi connectivity index (χ0v) is 15.8. The molecule has 0 unspecified atom stereocenters. The van der Waals surface area contributed by atoms with Crippen LogP contribution in [0.1, 0.15) is 46.9 Å². The van der Waals surface area contributed by atoms with Crippen molar-refractivity contribution < 1.29 is 9.31 Å². The molecule has 1 aliphatic rings. The summed E-state index contributed by atoms with van der Waals surface area (Å²) in [5, 5.41) is 3.35. The van der Waals surface area contributed by atoms with E-state index in [1.165, 1.54) is 0 Å². The predicted molar refractivity (Wildman–Crippen MR) is 102 cm³/mol. The van der Waals surface area contributed by atoms with Gasteiger partial charge in [0.15, 0.2) is 0 Å². The molecule has 5 nitrogen and oxygen atoms in total. The van der Waals surface area contributed by atoms with E-state index in [9.17, 15) is 0 Å². The summed E-state index contributed by atoms with van der Waals surface area (Å²) < 4.78 is 12.2. The Kier molecular flexibility index (Phi) is 5.05. The number of hydrogen-bond acceptors (Lipinski definition) is 4. The summed E-state index contributed by atoms with van der Waals surface area (Å²) in [7, 11) is -0.324. The van der Waals surface area contributed by atoms with Crippen LogP contribution in [0.15, 0.2) is 30.5 Å². The van der Waals surface area contributed by atoms with Crippen molar-refractivity contribution in [3.63, 3.8) is 0 Å². The van der Waals surface area contributed by atoms with Crippen LogP contribution in [0.5, 0.6) is 0 Å². The highest BCUT2D eigenvalue weighted by atomic mass is 16.7.